The van der Waals surface area contributed by atoms with Crippen molar-refractivity contribution in [3.63, 3.8) is 0 Å². The molecule has 0 spiro atoms. The molecule has 0 bridgehead atoms. The third-order valence-corrected chi connectivity index (χ3v) is 2.52. The summed E-state index contributed by atoms with van der Waals surface area (Å²) in [5.41, 5.74) is 0. The van der Waals surface area contributed by atoms with Crippen molar-refractivity contribution in [3.05, 3.63) is 41.0 Å². The summed E-state index contributed by atoms with van der Waals surface area (Å²) < 4.78 is 7.56. The first-order valence-corrected chi connectivity index (χ1v) is 4.95. The normalized spacial score (nSPS) is 13.0. The number of hydrogen-bond acceptors (Lipinski definition) is 3. The Morgan fingerprint density at radius 1 is 1.64 bits per heavy atom. The fourth-order valence-electron chi connectivity index (χ4n) is 1.21. The van der Waals surface area contributed by atoms with Crippen LogP contribution in [0.4, 0.5) is 0 Å². The molecule has 0 aliphatic carbocycles. The van der Waals surface area contributed by atoms with Crippen LogP contribution in [0.2, 0.25) is 0 Å². The SMILES string of the molecule is OC(Cn1cccn1)c1occc1Br. The fraction of sp³-hybridized carbons (Fsp3) is 0.222. The fourth-order valence-corrected chi connectivity index (χ4v) is 1.68. The average Bonchev–Trinajstić information content (AvgIpc) is 2.75. The van der Waals surface area contributed by atoms with Crippen LogP contribution in [-0.2, 0) is 6.54 Å². The summed E-state index contributed by atoms with van der Waals surface area (Å²) in [6, 6.07) is 3.56. The molecule has 0 saturated heterocycles. The zero-order valence-corrected chi connectivity index (χ0v) is 8.89. The Labute approximate surface area is 89.3 Å². The van der Waals surface area contributed by atoms with Crippen LogP contribution >= 0.6 is 15.9 Å². The van der Waals surface area contributed by atoms with Crippen LogP contribution in [0.5, 0.6) is 0 Å². The van der Waals surface area contributed by atoms with Gasteiger partial charge in [-0.1, -0.05) is 0 Å². The van der Waals surface area contributed by atoms with Gasteiger partial charge < -0.3 is 9.52 Å². The third kappa shape index (κ3) is 1.88. The predicted octanol–water partition coefficient (Wildman–Crippen LogP) is 1.97. The molecule has 2 aromatic heterocycles. The molecule has 2 rings (SSSR count). The van der Waals surface area contributed by atoms with E-state index in [9.17, 15) is 5.11 Å². The summed E-state index contributed by atoms with van der Waals surface area (Å²) in [6.07, 6.45) is 4.31. The number of rotatable bonds is 3. The van der Waals surface area contributed by atoms with Crippen molar-refractivity contribution in [1.29, 1.82) is 0 Å². The molecule has 74 valence electrons. The van der Waals surface area contributed by atoms with Gasteiger partial charge in [-0.25, -0.2) is 0 Å². The van der Waals surface area contributed by atoms with Crippen molar-refractivity contribution in [2.45, 2.75) is 12.6 Å². The second-order valence-electron chi connectivity index (χ2n) is 2.88. The highest BCUT2D eigenvalue weighted by molar-refractivity contribution is 9.10. The summed E-state index contributed by atoms with van der Waals surface area (Å²) in [4.78, 5) is 0. The van der Waals surface area contributed by atoms with E-state index in [1.165, 1.54) is 6.26 Å². The number of furan rings is 1. The van der Waals surface area contributed by atoms with Crippen LogP contribution < -0.4 is 0 Å². The Kier molecular flexibility index (Phi) is 2.69. The molecule has 0 aromatic carbocycles. The number of aromatic nitrogens is 2. The highest BCUT2D eigenvalue weighted by Gasteiger charge is 2.15. The maximum atomic E-state index is 9.78. The van der Waals surface area contributed by atoms with E-state index in [-0.39, 0.29) is 0 Å². The van der Waals surface area contributed by atoms with E-state index in [0.717, 1.165) is 4.47 Å². The van der Waals surface area contributed by atoms with Crippen molar-refractivity contribution in [2.24, 2.45) is 0 Å². The Morgan fingerprint density at radius 2 is 2.50 bits per heavy atom. The largest absolute Gasteiger partial charge is 0.465 e. The Bertz CT molecular complexity index is 397. The Morgan fingerprint density at radius 3 is 3.07 bits per heavy atom. The number of hydrogen-bond donors (Lipinski definition) is 1. The quantitative estimate of drug-likeness (QED) is 0.914. The van der Waals surface area contributed by atoms with Crippen molar-refractivity contribution in [3.8, 4) is 0 Å². The summed E-state index contributed by atoms with van der Waals surface area (Å²) in [7, 11) is 0. The van der Waals surface area contributed by atoms with E-state index in [1.54, 1.807) is 23.1 Å². The molecule has 0 saturated carbocycles. The first kappa shape index (κ1) is 9.48. The molecular weight excluding hydrogens is 248 g/mol. The first-order valence-electron chi connectivity index (χ1n) is 4.16. The molecule has 0 radical (unpaired) electrons. The van der Waals surface area contributed by atoms with Gasteiger partial charge in [0.2, 0.25) is 0 Å². The molecule has 0 amide bonds. The van der Waals surface area contributed by atoms with Crippen molar-refractivity contribution < 1.29 is 9.52 Å². The minimum absolute atomic E-state index is 0.388. The second kappa shape index (κ2) is 3.98. The van der Waals surface area contributed by atoms with E-state index >= 15 is 0 Å². The Balaban J connectivity index is 2.10. The molecule has 4 nitrogen and oxygen atoms in total. The Hall–Kier alpha value is -1.07. The van der Waals surface area contributed by atoms with Gasteiger partial charge in [0.1, 0.15) is 11.9 Å². The lowest BCUT2D eigenvalue weighted by Gasteiger charge is -2.08. The van der Waals surface area contributed by atoms with E-state index in [0.29, 0.717) is 12.3 Å². The molecule has 1 N–H and O–H groups in total. The lowest BCUT2D eigenvalue weighted by Crippen LogP contribution is -2.08. The number of aliphatic hydroxyl groups excluding tert-OH is 1. The summed E-state index contributed by atoms with van der Waals surface area (Å²) >= 11 is 3.29. The lowest BCUT2D eigenvalue weighted by atomic mass is 10.3. The number of nitrogens with zero attached hydrogens (tertiary/aromatic N) is 2. The van der Waals surface area contributed by atoms with E-state index < -0.39 is 6.10 Å². The monoisotopic (exact) mass is 256 g/mol. The number of halogens is 1. The first-order chi connectivity index (χ1) is 6.77. The topological polar surface area (TPSA) is 51.2 Å². The molecule has 2 heterocycles. The average molecular weight is 257 g/mol. The van der Waals surface area contributed by atoms with Gasteiger partial charge >= 0.3 is 0 Å². The number of aliphatic hydroxyl groups is 1. The van der Waals surface area contributed by atoms with Crippen molar-refractivity contribution >= 4 is 15.9 Å². The van der Waals surface area contributed by atoms with Gasteiger partial charge in [-0.3, -0.25) is 4.68 Å². The zero-order chi connectivity index (χ0) is 9.97. The van der Waals surface area contributed by atoms with Crippen LogP contribution in [0.3, 0.4) is 0 Å². The summed E-state index contributed by atoms with van der Waals surface area (Å²) in [5, 5.41) is 13.8. The standard InChI is InChI=1S/C9H9BrN2O2/c10-7-2-5-14-9(7)8(13)6-12-4-1-3-11-12/h1-5,8,13H,6H2. The van der Waals surface area contributed by atoms with Gasteiger partial charge in [-0.15, -0.1) is 0 Å². The molecule has 0 fully saturated rings. The predicted molar refractivity (Wildman–Crippen MR) is 53.6 cm³/mol. The van der Waals surface area contributed by atoms with Gasteiger partial charge in [-0.2, -0.15) is 5.10 Å². The van der Waals surface area contributed by atoms with Gasteiger partial charge in [0.05, 0.1) is 17.3 Å². The van der Waals surface area contributed by atoms with Crippen LogP contribution in [0.1, 0.15) is 11.9 Å². The lowest BCUT2D eigenvalue weighted by molar-refractivity contribution is 0.125. The molecule has 1 atom stereocenters. The molecule has 0 aliphatic rings. The van der Waals surface area contributed by atoms with E-state index in [4.69, 9.17) is 4.42 Å². The van der Waals surface area contributed by atoms with Crippen molar-refractivity contribution in [1.82, 2.24) is 9.78 Å². The third-order valence-electron chi connectivity index (χ3n) is 1.87. The van der Waals surface area contributed by atoms with Crippen LogP contribution in [0, 0.1) is 0 Å². The van der Waals surface area contributed by atoms with Crippen LogP contribution in [0.25, 0.3) is 0 Å². The van der Waals surface area contributed by atoms with E-state index in [2.05, 4.69) is 21.0 Å². The molecule has 5 heteroatoms. The molecule has 0 aliphatic heterocycles. The maximum absolute atomic E-state index is 9.78. The minimum Gasteiger partial charge on any atom is -0.465 e. The van der Waals surface area contributed by atoms with Gasteiger partial charge in [-0.05, 0) is 28.1 Å². The van der Waals surface area contributed by atoms with E-state index in [1.807, 2.05) is 6.07 Å². The van der Waals surface area contributed by atoms with Gasteiger partial charge in [0.15, 0.2) is 0 Å². The zero-order valence-electron chi connectivity index (χ0n) is 7.30. The molecular formula is C9H9BrN2O2. The van der Waals surface area contributed by atoms with Crippen LogP contribution in [-0.4, -0.2) is 14.9 Å². The molecule has 1 unspecified atom stereocenters. The minimum atomic E-state index is -0.681. The summed E-state index contributed by atoms with van der Waals surface area (Å²) in [5.74, 6) is 0.528. The van der Waals surface area contributed by atoms with Crippen LogP contribution in [0.15, 0.2) is 39.7 Å². The highest BCUT2D eigenvalue weighted by atomic mass is 79.9. The smallest absolute Gasteiger partial charge is 0.148 e. The highest BCUT2D eigenvalue weighted by Crippen LogP contribution is 2.25. The molecule has 14 heavy (non-hydrogen) atoms. The van der Waals surface area contributed by atoms with Gasteiger partial charge in [0.25, 0.3) is 0 Å². The molecule has 2 aromatic rings. The van der Waals surface area contributed by atoms with Gasteiger partial charge in [0, 0.05) is 12.4 Å². The summed E-state index contributed by atoms with van der Waals surface area (Å²) in [6.45, 7) is 0.388. The second-order valence-corrected chi connectivity index (χ2v) is 3.73. The maximum Gasteiger partial charge on any atom is 0.148 e. The van der Waals surface area contributed by atoms with Crippen molar-refractivity contribution in [2.75, 3.05) is 0 Å².